The lowest BCUT2D eigenvalue weighted by Crippen LogP contribution is -2.26. The number of hydrogen-bond donors (Lipinski definition) is 2. The monoisotopic (exact) mass is 698 g/mol. The van der Waals surface area contributed by atoms with Gasteiger partial charge in [-0.15, -0.1) is 0 Å². The molecule has 10 heteroatoms. The fourth-order valence-electron chi connectivity index (χ4n) is 3.26. The molecule has 34 heavy (non-hydrogen) atoms. The molecule has 174 valence electrons. The molecular weight excluding hydrogens is 678 g/mol. The number of rotatable bonds is 6. The second-order valence-corrected chi connectivity index (χ2v) is 11.7. The summed E-state index contributed by atoms with van der Waals surface area (Å²) < 4.78 is 0.651. The van der Waals surface area contributed by atoms with Crippen molar-refractivity contribution in [3.8, 4) is 0 Å². The standard InChI is InChI=1S/C24H21ClI2N6O/c1-24(27,32-21-18-10-7-16(26)12-19(18)30-23(31-21)33(2)3)15-5-8-17(9-6-15)29-22(34)14-4-11-20(25)28-13-14/h4-13H,1-3H3,(H,29,34)(H,30,31,32)/t24-/m1/s1. The van der Waals surface area contributed by atoms with Crippen molar-refractivity contribution >= 4 is 91.0 Å². The Morgan fingerprint density at radius 3 is 2.44 bits per heavy atom. The van der Waals surface area contributed by atoms with Gasteiger partial charge in [-0.1, -0.05) is 23.7 Å². The first-order valence-electron chi connectivity index (χ1n) is 10.3. The van der Waals surface area contributed by atoms with E-state index in [1.807, 2.05) is 61.5 Å². The van der Waals surface area contributed by atoms with E-state index in [0.29, 0.717) is 22.4 Å². The molecule has 2 aromatic carbocycles. The number of alkyl halides is 1. The zero-order chi connectivity index (χ0) is 24.5. The van der Waals surface area contributed by atoms with Crippen LogP contribution in [0.2, 0.25) is 5.15 Å². The number of benzene rings is 2. The fourth-order valence-corrected chi connectivity index (χ4v) is 4.46. The van der Waals surface area contributed by atoms with E-state index in [-0.39, 0.29) is 5.91 Å². The van der Waals surface area contributed by atoms with Crippen molar-refractivity contribution in [2.24, 2.45) is 0 Å². The van der Waals surface area contributed by atoms with Gasteiger partial charge >= 0.3 is 0 Å². The summed E-state index contributed by atoms with van der Waals surface area (Å²) in [7, 11) is 3.85. The van der Waals surface area contributed by atoms with E-state index in [2.05, 4.69) is 72.7 Å². The van der Waals surface area contributed by atoms with Crippen molar-refractivity contribution in [3.63, 3.8) is 0 Å². The van der Waals surface area contributed by atoms with Gasteiger partial charge in [0.1, 0.15) is 14.5 Å². The molecule has 4 rings (SSSR count). The Hall–Kier alpha value is -2.25. The van der Waals surface area contributed by atoms with Crippen LogP contribution in [0.4, 0.5) is 17.5 Å². The summed E-state index contributed by atoms with van der Waals surface area (Å²) in [5.41, 5.74) is 3.04. The van der Waals surface area contributed by atoms with Crippen LogP contribution < -0.4 is 15.5 Å². The molecule has 1 atom stereocenters. The van der Waals surface area contributed by atoms with E-state index >= 15 is 0 Å². The summed E-state index contributed by atoms with van der Waals surface area (Å²) in [6, 6.07) is 17.1. The van der Waals surface area contributed by atoms with E-state index in [4.69, 9.17) is 16.6 Å². The maximum Gasteiger partial charge on any atom is 0.257 e. The molecule has 0 saturated heterocycles. The molecule has 0 aliphatic carbocycles. The Bertz CT molecular complexity index is 1340. The summed E-state index contributed by atoms with van der Waals surface area (Å²) in [5, 5.41) is 7.76. The van der Waals surface area contributed by atoms with Crippen LogP contribution in [0.1, 0.15) is 22.8 Å². The molecule has 0 fully saturated rings. The highest BCUT2D eigenvalue weighted by Crippen LogP contribution is 2.36. The predicted octanol–water partition coefficient (Wildman–Crippen LogP) is 6.32. The molecule has 0 saturated carbocycles. The number of amides is 1. The topological polar surface area (TPSA) is 83.0 Å². The minimum atomic E-state index is -0.464. The maximum absolute atomic E-state index is 12.5. The third kappa shape index (κ3) is 5.69. The Labute approximate surface area is 230 Å². The van der Waals surface area contributed by atoms with Gasteiger partial charge in [-0.25, -0.2) is 9.97 Å². The number of nitrogens with one attached hydrogen (secondary N) is 2. The SMILES string of the molecule is CN(C)c1nc(N[C@@](C)(I)c2ccc(NC(=O)c3ccc(Cl)nc3)cc2)c2ccc(I)cc2n1. The zero-order valence-electron chi connectivity index (χ0n) is 18.6. The number of nitrogens with zero attached hydrogens (tertiary/aromatic N) is 4. The van der Waals surface area contributed by atoms with E-state index in [1.165, 1.54) is 6.20 Å². The molecule has 0 aliphatic rings. The van der Waals surface area contributed by atoms with Crippen molar-refractivity contribution in [2.75, 3.05) is 29.6 Å². The minimum absolute atomic E-state index is 0.245. The number of carbonyl (C=O) groups is 1. The van der Waals surface area contributed by atoms with Gasteiger partial charge in [0.15, 0.2) is 0 Å². The summed E-state index contributed by atoms with van der Waals surface area (Å²) >= 11 is 10.5. The van der Waals surface area contributed by atoms with E-state index < -0.39 is 3.55 Å². The quantitative estimate of drug-likeness (QED) is 0.106. The molecule has 0 spiro atoms. The number of pyridine rings is 1. The molecule has 0 bridgehead atoms. The molecule has 0 aliphatic heterocycles. The first-order valence-corrected chi connectivity index (χ1v) is 12.8. The highest BCUT2D eigenvalue weighted by atomic mass is 127. The molecular formula is C24H21ClI2N6O. The van der Waals surface area contributed by atoms with Gasteiger partial charge in [-0.3, -0.25) is 4.79 Å². The van der Waals surface area contributed by atoms with Gasteiger partial charge in [0.2, 0.25) is 5.95 Å². The molecule has 0 unspecified atom stereocenters. The van der Waals surface area contributed by atoms with E-state index in [1.54, 1.807) is 12.1 Å². The van der Waals surface area contributed by atoms with Crippen LogP contribution in [0.3, 0.4) is 0 Å². The van der Waals surface area contributed by atoms with Crippen molar-refractivity contribution in [3.05, 3.63) is 80.6 Å². The third-order valence-corrected chi connectivity index (χ3v) is 6.86. The number of anilines is 3. The van der Waals surface area contributed by atoms with Crippen LogP contribution in [0, 0.1) is 3.57 Å². The maximum atomic E-state index is 12.5. The number of aromatic nitrogens is 3. The third-order valence-electron chi connectivity index (χ3n) is 5.07. The van der Waals surface area contributed by atoms with Gasteiger partial charge in [-0.05, 0) is 100 Å². The molecule has 4 aromatic rings. The Morgan fingerprint density at radius 1 is 1.06 bits per heavy atom. The number of carbonyl (C=O) groups excluding carboxylic acids is 1. The normalized spacial score (nSPS) is 12.8. The second kappa shape index (κ2) is 10.2. The summed E-state index contributed by atoms with van der Waals surface area (Å²) in [6.45, 7) is 2.08. The van der Waals surface area contributed by atoms with Gasteiger partial charge in [0.25, 0.3) is 5.91 Å². The van der Waals surface area contributed by atoms with Gasteiger partial charge in [-0.2, -0.15) is 4.98 Å². The van der Waals surface area contributed by atoms with E-state index in [9.17, 15) is 4.79 Å². The van der Waals surface area contributed by atoms with Crippen molar-refractivity contribution in [1.82, 2.24) is 15.0 Å². The van der Waals surface area contributed by atoms with Crippen LogP contribution in [0.5, 0.6) is 0 Å². The first kappa shape index (κ1) is 24.9. The molecule has 2 heterocycles. The zero-order valence-corrected chi connectivity index (χ0v) is 23.7. The summed E-state index contributed by atoms with van der Waals surface area (Å²) in [5.74, 6) is 1.15. The lowest BCUT2D eigenvalue weighted by Gasteiger charge is -2.27. The lowest BCUT2D eigenvalue weighted by molar-refractivity contribution is 0.102. The largest absolute Gasteiger partial charge is 0.351 e. The van der Waals surface area contributed by atoms with Gasteiger partial charge in [0, 0.05) is 34.9 Å². The Balaban J connectivity index is 1.57. The van der Waals surface area contributed by atoms with Crippen LogP contribution in [0.25, 0.3) is 10.9 Å². The molecule has 1 amide bonds. The van der Waals surface area contributed by atoms with Crippen LogP contribution in [-0.4, -0.2) is 35.0 Å². The van der Waals surface area contributed by atoms with Gasteiger partial charge < -0.3 is 15.5 Å². The average Bonchev–Trinajstić information content (AvgIpc) is 2.79. The van der Waals surface area contributed by atoms with Crippen LogP contribution in [-0.2, 0) is 3.55 Å². The van der Waals surface area contributed by atoms with Gasteiger partial charge in [0.05, 0.1) is 11.1 Å². The van der Waals surface area contributed by atoms with E-state index in [0.717, 1.165) is 25.9 Å². The number of hydrogen-bond acceptors (Lipinski definition) is 6. The molecule has 0 radical (unpaired) electrons. The second-order valence-electron chi connectivity index (χ2n) is 7.96. The van der Waals surface area contributed by atoms with Crippen LogP contribution in [0.15, 0.2) is 60.8 Å². The Morgan fingerprint density at radius 2 is 1.79 bits per heavy atom. The first-order chi connectivity index (χ1) is 16.1. The number of fused-ring (bicyclic) bond motifs is 1. The highest BCUT2D eigenvalue weighted by Gasteiger charge is 2.25. The predicted molar refractivity (Wildman–Crippen MR) is 155 cm³/mol. The van der Waals surface area contributed by atoms with Crippen molar-refractivity contribution in [2.45, 2.75) is 10.5 Å². The smallest absolute Gasteiger partial charge is 0.257 e. The van der Waals surface area contributed by atoms with Crippen molar-refractivity contribution in [1.29, 1.82) is 0 Å². The van der Waals surface area contributed by atoms with Crippen molar-refractivity contribution < 1.29 is 4.79 Å². The Kier molecular flexibility index (Phi) is 7.43. The molecule has 2 aromatic heterocycles. The number of halogens is 3. The average molecular weight is 699 g/mol. The van der Waals surface area contributed by atoms with Crippen LogP contribution >= 0.6 is 56.8 Å². The lowest BCUT2D eigenvalue weighted by atomic mass is 10.1. The minimum Gasteiger partial charge on any atom is -0.351 e. The fraction of sp³-hybridized carbons (Fsp3) is 0.167. The molecule has 2 N–H and O–H groups in total. The highest BCUT2D eigenvalue weighted by molar-refractivity contribution is 14.1. The summed E-state index contributed by atoms with van der Waals surface area (Å²) in [4.78, 5) is 27.7. The molecule has 7 nitrogen and oxygen atoms in total. The summed E-state index contributed by atoms with van der Waals surface area (Å²) in [6.07, 6.45) is 1.45.